The number of carbonyl (C=O) groups excluding carboxylic acids is 1. The Morgan fingerprint density at radius 1 is 1.12 bits per heavy atom. The summed E-state index contributed by atoms with van der Waals surface area (Å²) in [7, 11) is 1.89. The maximum atomic E-state index is 15.3. The zero-order chi connectivity index (χ0) is 25.0. The lowest BCUT2D eigenvalue weighted by Gasteiger charge is -2.38. The predicted octanol–water partition coefficient (Wildman–Crippen LogP) is 7.17. The summed E-state index contributed by atoms with van der Waals surface area (Å²) in [5.41, 5.74) is 1.55. The van der Waals surface area contributed by atoms with Crippen LogP contribution in [0.1, 0.15) is 85.1 Å². The van der Waals surface area contributed by atoms with Crippen molar-refractivity contribution in [2.45, 2.75) is 92.5 Å². The number of nitrogens with zero attached hydrogens (tertiary/aromatic N) is 1. The van der Waals surface area contributed by atoms with Crippen molar-refractivity contribution in [2.75, 3.05) is 25.2 Å². The van der Waals surface area contributed by atoms with Crippen LogP contribution < -0.4 is 9.64 Å². The highest BCUT2D eigenvalue weighted by atomic mass is 19.1. The second kappa shape index (κ2) is 11.3. The van der Waals surface area contributed by atoms with Crippen LogP contribution in [-0.4, -0.2) is 32.3 Å². The summed E-state index contributed by atoms with van der Waals surface area (Å²) in [6.45, 7) is 14.2. The topological polar surface area (TPSA) is 38.8 Å². The van der Waals surface area contributed by atoms with Crippen molar-refractivity contribution >= 4 is 11.7 Å². The zero-order valence-electron chi connectivity index (χ0n) is 22.5. The Labute approximate surface area is 206 Å². The lowest BCUT2D eigenvalue weighted by Crippen LogP contribution is -2.39. The van der Waals surface area contributed by atoms with E-state index in [9.17, 15) is 4.79 Å². The summed E-state index contributed by atoms with van der Waals surface area (Å²) < 4.78 is 26.9. The van der Waals surface area contributed by atoms with Gasteiger partial charge in [-0.2, -0.15) is 0 Å². The summed E-state index contributed by atoms with van der Waals surface area (Å²) in [4.78, 5) is 14.3. The minimum absolute atomic E-state index is 0.0427. The number of hydrogen-bond acceptors (Lipinski definition) is 4. The van der Waals surface area contributed by atoms with Crippen LogP contribution in [0.25, 0.3) is 0 Å². The molecule has 0 aliphatic heterocycles. The van der Waals surface area contributed by atoms with Gasteiger partial charge >= 0.3 is 5.97 Å². The first-order valence-electron chi connectivity index (χ1n) is 13.4. The smallest absolute Gasteiger partial charge is 0.311 e. The fourth-order valence-corrected chi connectivity index (χ4v) is 6.95. The normalized spacial score (nSPS) is 32.1. The molecule has 2 fully saturated rings. The molecule has 4 unspecified atom stereocenters. The average molecular weight is 476 g/mol. The summed E-state index contributed by atoms with van der Waals surface area (Å²) in [6.07, 6.45) is 7.43. The monoisotopic (exact) mass is 475 g/mol. The SMILES string of the molecule is CCOC(=O)C1CCCC1N(C)c1cc(C)c(OCC2(C)C[C@H](C)CC(C)C[C@H](C)C2)cc1F. The van der Waals surface area contributed by atoms with Gasteiger partial charge in [0.05, 0.1) is 24.8 Å². The summed E-state index contributed by atoms with van der Waals surface area (Å²) >= 11 is 0. The largest absolute Gasteiger partial charge is 0.493 e. The molecule has 0 radical (unpaired) electrons. The standard InChI is InChI=1S/C29H46FNO3/c1-8-33-28(32)23-10-9-11-25(23)31(7)26-14-22(5)27(15-24(26)30)34-18-29(6)16-20(3)12-19(2)13-21(4)17-29/h14-15,19-21,23,25H,8-13,16-18H2,1-7H3/t19?,20-,21+,23?,25?,29?. The van der Waals surface area contributed by atoms with Gasteiger partial charge in [-0.3, -0.25) is 4.79 Å². The van der Waals surface area contributed by atoms with Gasteiger partial charge < -0.3 is 14.4 Å². The fraction of sp³-hybridized carbons (Fsp3) is 0.759. The molecule has 2 aliphatic rings. The quantitative estimate of drug-likeness (QED) is 0.392. The molecule has 0 amide bonds. The molecular weight excluding hydrogens is 429 g/mol. The number of carbonyl (C=O) groups is 1. The molecular formula is C29H46FNO3. The van der Waals surface area contributed by atoms with Gasteiger partial charge in [0, 0.05) is 24.6 Å². The highest BCUT2D eigenvalue weighted by Gasteiger charge is 2.38. The van der Waals surface area contributed by atoms with E-state index in [1.165, 1.54) is 18.9 Å². The number of hydrogen-bond donors (Lipinski definition) is 0. The average Bonchev–Trinajstić information content (AvgIpc) is 3.22. The van der Waals surface area contributed by atoms with Crippen LogP contribution in [0.15, 0.2) is 12.1 Å². The van der Waals surface area contributed by atoms with Crippen molar-refractivity contribution in [3.8, 4) is 5.75 Å². The van der Waals surface area contributed by atoms with Gasteiger partial charge in [-0.05, 0) is 81.8 Å². The molecule has 4 nitrogen and oxygen atoms in total. The first-order valence-corrected chi connectivity index (χ1v) is 13.4. The number of benzene rings is 1. The lowest BCUT2D eigenvalue weighted by atomic mass is 9.69. The number of aryl methyl sites for hydroxylation is 1. The van der Waals surface area contributed by atoms with E-state index in [2.05, 4.69) is 27.7 Å². The number of esters is 1. The van der Waals surface area contributed by atoms with Crippen LogP contribution in [0.5, 0.6) is 5.75 Å². The number of halogens is 1. The van der Waals surface area contributed by atoms with E-state index in [0.29, 0.717) is 36.5 Å². The van der Waals surface area contributed by atoms with E-state index in [1.54, 1.807) is 0 Å². The molecule has 0 saturated heterocycles. The van der Waals surface area contributed by atoms with Crippen molar-refractivity contribution in [1.82, 2.24) is 0 Å². The van der Waals surface area contributed by atoms with E-state index in [0.717, 1.165) is 43.6 Å². The van der Waals surface area contributed by atoms with E-state index in [1.807, 2.05) is 31.9 Å². The molecule has 2 aliphatic carbocycles. The number of ether oxygens (including phenoxy) is 2. The molecule has 5 heteroatoms. The minimum atomic E-state index is -0.295. The fourth-order valence-electron chi connectivity index (χ4n) is 6.95. The molecule has 0 N–H and O–H groups in total. The Bertz CT molecular complexity index is 827. The number of anilines is 1. The van der Waals surface area contributed by atoms with Crippen LogP contribution in [0.4, 0.5) is 10.1 Å². The predicted molar refractivity (Wildman–Crippen MR) is 137 cm³/mol. The minimum Gasteiger partial charge on any atom is -0.493 e. The third-order valence-corrected chi connectivity index (χ3v) is 8.06. The molecule has 3 rings (SSSR count). The third kappa shape index (κ3) is 6.46. The molecule has 192 valence electrons. The lowest BCUT2D eigenvalue weighted by molar-refractivity contribution is -0.148. The molecule has 0 spiro atoms. The Morgan fingerprint density at radius 3 is 2.38 bits per heavy atom. The van der Waals surface area contributed by atoms with Gasteiger partial charge in [0.25, 0.3) is 0 Å². The molecule has 1 aromatic carbocycles. The third-order valence-electron chi connectivity index (χ3n) is 8.06. The molecule has 0 bridgehead atoms. The van der Waals surface area contributed by atoms with Crippen molar-refractivity contribution < 1.29 is 18.7 Å². The van der Waals surface area contributed by atoms with Crippen molar-refractivity contribution in [2.24, 2.45) is 29.1 Å². The first-order chi connectivity index (χ1) is 16.0. The van der Waals surface area contributed by atoms with E-state index in [-0.39, 0.29) is 29.2 Å². The first kappa shape index (κ1) is 26.8. The van der Waals surface area contributed by atoms with Crippen LogP contribution in [0.3, 0.4) is 0 Å². The summed E-state index contributed by atoms with van der Waals surface area (Å²) in [6, 6.07) is 3.37. The molecule has 0 aromatic heterocycles. The molecule has 2 saturated carbocycles. The van der Waals surface area contributed by atoms with Crippen molar-refractivity contribution in [1.29, 1.82) is 0 Å². The van der Waals surface area contributed by atoms with E-state index in [4.69, 9.17) is 9.47 Å². The van der Waals surface area contributed by atoms with Crippen molar-refractivity contribution in [3.05, 3.63) is 23.5 Å². The Morgan fingerprint density at radius 2 is 1.76 bits per heavy atom. The maximum absolute atomic E-state index is 15.3. The molecule has 6 atom stereocenters. The highest BCUT2D eigenvalue weighted by Crippen LogP contribution is 2.42. The Hall–Kier alpha value is -1.78. The Balaban J connectivity index is 1.72. The van der Waals surface area contributed by atoms with Gasteiger partial charge in [0.2, 0.25) is 0 Å². The van der Waals surface area contributed by atoms with Gasteiger partial charge in [-0.25, -0.2) is 4.39 Å². The second-order valence-electron chi connectivity index (χ2n) is 11.8. The van der Waals surface area contributed by atoms with Gasteiger partial charge in [-0.1, -0.05) is 34.1 Å². The van der Waals surface area contributed by atoms with Gasteiger partial charge in [0.1, 0.15) is 11.6 Å². The highest BCUT2D eigenvalue weighted by molar-refractivity contribution is 5.74. The Kier molecular flexibility index (Phi) is 8.92. The van der Waals surface area contributed by atoms with Gasteiger partial charge in [-0.15, -0.1) is 0 Å². The number of rotatable bonds is 7. The zero-order valence-corrected chi connectivity index (χ0v) is 22.5. The van der Waals surface area contributed by atoms with E-state index >= 15 is 4.39 Å². The van der Waals surface area contributed by atoms with Crippen molar-refractivity contribution in [3.63, 3.8) is 0 Å². The molecule has 1 aromatic rings. The van der Waals surface area contributed by atoms with Crippen LogP contribution >= 0.6 is 0 Å². The van der Waals surface area contributed by atoms with Crippen LogP contribution in [0.2, 0.25) is 0 Å². The molecule has 0 heterocycles. The maximum Gasteiger partial charge on any atom is 0.311 e. The van der Waals surface area contributed by atoms with Crippen LogP contribution in [-0.2, 0) is 9.53 Å². The van der Waals surface area contributed by atoms with E-state index < -0.39 is 0 Å². The van der Waals surface area contributed by atoms with Crippen LogP contribution in [0, 0.1) is 41.8 Å². The summed E-state index contributed by atoms with van der Waals surface area (Å²) in [5.74, 6) is 2.08. The summed E-state index contributed by atoms with van der Waals surface area (Å²) in [5, 5.41) is 0. The van der Waals surface area contributed by atoms with Gasteiger partial charge in [0.15, 0.2) is 0 Å². The second-order valence-corrected chi connectivity index (χ2v) is 11.8. The molecule has 34 heavy (non-hydrogen) atoms.